The van der Waals surface area contributed by atoms with E-state index in [4.69, 9.17) is 10.5 Å². The summed E-state index contributed by atoms with van der Waals surface area (Å²) in [6.45, 7) is 3.49. The fourth-order valence-electron chi connectivity index (χ4n) is 2.02. The lowest BCUT2D eigenvalue weighted by Gasteiger charge is -2.12. The molecule has 1 aliphatic rings. The maximum absolute atomic E-state index is 10.7. The van der Waals surface area contributed by atoms with E-state index >= 15 is 0 Å². The Bertz CT molecular complexity index is 418. The van der Waals surface area contributed by atoms with Crippen molar-refractivity contribution in [2.24, 2.45) is 5.73 Å². The standard InChI is InChI=1S/C13H18N2O2/c1-9(6-13(14)16)15-8-10-2-3-12-11(7-10)4-5-17-12/h2-3,7,9,15H,4-6,8H2,1H3,(H2,14,16). The number of rotatable bonds is 5. The number of hydrogen-bond donors (Lipinski definition) is 2. The number of ether oxygens (including phenoxy) is 1. The third-order valence-corrected chi connectivity index (χ3v) is 2.92. The van der Waals surface area contributed by atoms with Gasteiger partial charge in [-0.1, -0.05) is 12.1 Å². The van der Waals surface area contributed by atoms with E-state index in [9.17, 15) is 4.79 Å². The molecule has 0 saturated carbocycles. The van der Waals surface area contributed by atoms with Gasteiger partial charge in [-0.2, -0.15) is 0 Å². The molecule has 1 heterocycles. The third-order valence-electron chi connectivity index (χ3n) is 2.92. The second-order valence-corrected chi connectivity index (χ2v) is 4.49. The molecule has 0 spiro atoms. The van der Waals surface area contributed by atoms with Crippen molar-refractivity contribution in [3.63, 3.8) is 0 Å². The SMILES string of the molecule is CC(CC(N)=O)NCc1ccc2c(c1)CCO2. The van der Waals surface area contributed by atoms with E-state index in [0.717, 1.165) is 25.3 Å². The number of amides is 1. The van der Waals surface area contributed by atoms with Crippen LogP contribution in [0.1, 0.15) is 24.5 Å². The molecule has 0 bridgehead atoms. The largest absolute Gasteiger partial charge is 0.493 e. The third kappa shape index (κ3) is 3.20. The predicted octanol–water partition coefficient (Wildman–Crippen LogP) is 0.975. The number of benzene rings is 1. The molecule has 0 saturated heterocycles. The van der Waals surface area contributed by atoms with E-state index < -0.39 is 0 Å². The van der Waals surface area contributed by atoms with Crippen LogP contribution in [0.4, 0.5) is 0 Å². The summed E-state index contributed by atoms with van der Waals surface area (Å²) in [5, 5.41) is 3.28. The maximum Gasteiger partial charge on any atom is 0.218 e. The first-order valence-electron chi connectivity index (χ1n) is 5.91. The van der Waals surface area contributed by atoms with Crippen LogP contribution in [0, 0.1) is 0 Å². The Kier molecular flexibility index (Phi) is 3.64. The Morgan fingerprint density at radius 2 is 2.41 bits per heavy atom. The highest BCUT2D eigenvalue weighted by Gasteiger charge is 2.12. The molecule has 0 fully saturated rings. The summed E-state index contributed by atoms with van der Waals surface area (Å²) in [6.07, 6.45) is 1.36. The van der Waals surface area contributed by atoms with Crippen LogP contribution in [0.5, 0.6) is 5.75 Å². The van der Waals surface area contributed by atoms with Gasteiger partial charge in [0.15, 0.2) is 0 Å². The highest BCUT2D eigenvalue weighted by molar-refractivity contribution is 5.74. The Labute approximate surface area is 101 Å². The molecule has 0 radical (unpaired) electrons. The van der Waals surface area contributed by atoms with Gasteiger partial charge in [-0.25, -0.2) is 0 Å². The molecule has 4 nitrogen and oxygen atoms in total. The van der Waals surface area contributed by atoms with Crippen molar-refractivity contribution in [1.82, 2.24) is 5.32 Å². The summed E-state index contributed by atoms with van der Waals surface area (Å²) in [6, 6.07) is 6.33. The molecule has 1 aromatic carbocycles. The minimum atomic E-state index is -0.271. The molecule has 0 aromatic heterocycles. The van der Waals surface area contributed by atoms with Gasteiger partial charge in [-0.3, -0.25) is 4.79 Å². The number of carbonyl (C=O) groups excluding carboxylic acids is 1. The lowest BCUT2D eigenvalue weighted by Crippen LogP contribution is -2.30. The van der Waals surface area contributed by atoms with Crippen molar-refractivity contribution in [2.75, 3.05) is 6.61 Å². The van der Waals surface area contributed by atoms with Crippen LogP contribution in [0.3, 0.4) is 0 Å². The summed E-state index contributed by atoms with van der Waals surface area (Å²) in [4.78, 5) is 10.7. The number of hydrogen-bond acceptors (Lipinski definition) is 3. The number of fused-ring (bicyclic) bond motifs is 1. The second-order valence-electron chi connectivity index (χ2n) is 4.49. The van der Waals surface area contributed by atoms with Gasteiger partial charge < -0.3 is 15.8 Å². The molecule has 2 rings (SSSR count). The molecule has 1 amide bonds. The fourth-order valence-corrected chi connectivity index (χ4v) is 2.02. The molecule has 1 aromatic rings. The Balaban J connectivity index is 1.89. The number of nitrogens with two attached hydrogens (primary N) is 1. The average Bonchev–Trinajstić information content (AvgIpc) is 2.72. The Morgan fingerprint density at radius 3 is 3.18 bits per heavy atom. The molecule has 3 N–H and O–H groups in total. The first-order chi connectivity index (χ1) is 8.15. The summed E-state index contributed by atoms with van der Waals surface area (Å²) in [5.74, 6) is 0.728. The first kappa shape index (κ1) is 11.9. The van der Waals surface area contributed by atoms with Gasteiger partial charge in [-0.05, 0) is 24.1 Å². The van der Waals surface area contributed by atoms with Crippen molar-refractivity contribution < 1.29 is 9.53 Å². The van der Waals surface area contributed by atoms with Crippen LogP contribution in [-0.2, 0) is 17.8 Å². The van der Waals surface area contributed by atoms with E-state index in [1.807, 2.05) is 19.1 Å². The summed E-state index contributed by atoms with van der Waals surface area (Å²) in [5.41, 5.74) is 7.62. The van der Waals surface area contributed by atoms with Crippen LogP contribution >= 0.6 is 0 Å². The zero-order valence-electron chi connectivity index (χ0n) is 10.0. The molecule has 17 heavy (non-hydrogen) atoms. The van der Waals surface area contributed by atoms with Gasteiger partial charge in [0.05, 0.1) is 6.61 Å². The van der Waals surface area contributed by atoms with E-state index in [0.29, 0.717) is 6.42 Å². The van der Waals surface area contributed by atoms with Crippen LogP contribution < -0.4 is 15.8 Å². The van der Waals surface area contributed by atoms with Crippen molar-refractivity contribution in [3.05, 3.63) is 29.3 Å². The van der Waals surface area contributed by atoms with Crippen LogP contribution in [0.2, 0.25) is 0 Å². The zero-order chi connectivity index (χ0) is 12.3. The van der Waals surface area contributed by atoms with Gasteiger partial charge in [0.25, 0.3) is 0 Å². The molecule has 1 atom stereocenters. The second kappa shape index (κ2) is 5.19. The van der Waals surface area contributed by atoms with Crippen LogP contribution in [-0.4, -0.2) is 18.6 Å². The topological polar surface area (TPSA) is 64.4 Å². The number of carbonyl (C=O) groups is 1. The van der Waals surface area contributed by atoms with Crippen molar-refractivity contribution >= 4 is 5.91 Å². The maximum atomic E-state index is 10.7. The summed E-state index contributed by atoms with van der Waals surface area (Å²) < 4.78 is 5.45. The minimum Gasteiger partial charge on any atom is -0.493 e. The van der Waals surface area contributed by atoms with Gasteiger partial charge in [0.2, 0.25) is 5.91 Å². The van der Waals surface area contributed by atoms with Crippen LogP contribution in [0.15, 0.2) is 18.2 Å². The molecule has 92 valence electrons. The molecular weight excluding hydrogens is 216 g/mol. The molecule has 4 heteroatoms. The lowest BCUT2D eigenvalue weighted by atomic mass is 10.1. The predicted molar refractivity (Wildman–Crippen MR) is 65.8 cm³/mol. The van der Waals surface area contributed by atoms with Crippen molar-refractivity contribution in [3.8, 4) is 5.75 Å². The summed E-state index contributed by atoms with van der Waals surface area (Å²) >= 11 is 0. The van der Waals surface area contributed by atoms with E-state index in [2.05, 4.69) is 11.4 Å². The first-order valence-corrected chi connectivity index (χ1v) is 5.91. The molecule has 0 aliphatic carbocycles. The Hall–Kier alpha value is -1.55. The monoisotopic (exact) mass is 234 g/mol. The average molecular weight is 234 g/mol. The van der Waals surface area contributed by atoms with E-state index in [-0.39, 0.29) is 11.9 Å². The quantitative estimate of drug-likeness (QED) is 0.798. The Morgan fingerprint density at radius 1 is 1.59 bits per heavy atom. The van der Waals surface area contributed by atoms with E-state index in [1.54, 1.807) is 0 Å². The van der Waals surface area contributed by atoms with E-state index in [1.165, 1.54) is 11.1 Å². The lowest BCUT2D eigenvalue weighted by molar-refractivity contribution is -0.118. The number of nitrogens with one attached hydrogen (secondary N) is 1. The van der Waals surface area contributed by atoms with Crippen molar-refractivity contribution in [1.29, 1.82) is 0 Å². The van der Waals surface area contributed by atoms with Gasteiger partial charge >= 0.3 is 0 Å². The zero-order valence-corrected chi connectivity index (χ0v) is 10.0. The fraction of sp³-hybridized carbons (Fsp3) is 0.462. The molecule has 1 unspecified atom stereocenters. The van der Waals surface area contributed by atoms with Gasteiger partial charge in [0.1, 0.15) is 5.75 Å². The molecular formula is C13H18N2O2. The smallest absolute Gasteiger partial charge is 0.218 e. The minimum absolute atomic E-state index is 0.108. The highest BCUT2D eigenvalue weighted by atomic mass is 16.5. The van der Waals surface area contributed by atoms with Crippen LogP contribution in [0.25, 0.3) is 0 Å². The van der Waals surface area contributed by atoms with Crippen molar-refractivity contribution in [2.45, 2.75) is 32.4 Å². The summed E-state index contributed by atoms with van der Waals surface area (Å²) in [7, 11) is 0. The van der Waals surface area contributed by atoms with Gasteiger partial charge in [0, 0.05) is 25.4 Å². The van der Waals surface area contributed by atoms with Gasteiger partial charge in [-0.15, -0.1) is 0 Å². The highest BCUT2D eigenvalue weighted by Crippen LogP contribution is 2.25. The molecule has 1 aliphatic heterocycles. The normalized spacial score (nSPS) is 15.1. The number of primary amides is 1.